The largest absolute Gasteiger partial charge is 0.309 e. The number of fused-ring (bicyclic) bond motifs is 8. The Bertz CT molecular complexity index is 4490. The summed E-state index contributed by atoms with van der Waals surface area (Å²) in [6.07, 6.45) is 6.27. The standard InChI is InChI=1S/C70H48N6/c1-3-20-60-55(4-2)65-64(75-62-31-18-14-27-56(62)57-28-15-19-32-63(57)75)45-59-58-29-16-17-30-61(58)74(54-43-41-51(42-44-54)47-23-10-6-11-24-47)66(59)67(65)76(60)70-72-68(52-25-12-7-13-26-52)71-69(73-70)53-39-37-50(38-40-53)49-35-33-48(34-36-49)46-21-8-5-9-22-46/h3-45H,2H2,1H3/b20-3-. The number of aromatic nitrogens is 6. The quantitative estimate of drug-likeness (QED) is 0.137. The lowest BCUT2D eigenvalue weighted by Gasteiger charge is -2.16. The second-order valence-corrected chi connectivity index (χ2v) is 19.2. The lowest BCUT2D eigenvalue weighted by atomic mass is 9.99. The zero-order chi connectivity index (χ0) is 50.7. The van der Waals surface area contributed by atoms with Gasteiger partial charge in [0.2, 0.25) is 5.95 Å². The Morgan fingerprint density at radius 3 is 1.25 bits per heavy atom. The first-order chi connectivity index (χ1) is 37.6. The molecule has 0 saturated heterocycles. The number of allylic oxidation sites excluding steroid dienone is 1. The summed E-state index contributed by atoms with van der Waals surface area (Å²) in [5, 5.41) is 5.62. The smallest absolute Gasteiger partial charge is 0.238 e. The van der Waals surface area contributed by atoms with Gasteiger partial charge in [0.25, 0.3) is 0 Å². The fraction of sp³-hybridized carbons (Fsp3) is 0.0143. The predicted octanol–water partition coefficient (Wildman–Crippen LogP) is 18.0. The van der Waals surface area contributed by atoms with Gasteiger partial charge in [0.05, 0.1) is 39.0 Å². The summed E-state index contributed by atoms with van der Waals surface area (Å²) < 4.78 is 7.13. The van der Waals surface area contributed by atoms with E-state index in [0.29, 0.717) is 17.6 Å². The molecule has 0 unspecified atom stereocenters. The third-order valence-electron chi connectivity index (χ3n) is 14.8. The van der Waals surface area contributed by atoms with Crippen LogP contribution in [0.2, 0.25) is 0 Å². The lowest BCUT2D eigenvalue weighted by Crippen LogP contribution is -2.09. The Morgan fingerprint density at radius 2 is 0.763 bits per heavy atom. The van der Waals surface area contributed by atoms with E-state index < -0.39 is 0 Å². The van der Waals surface area contributed by atoms with Gasteiger partial charge in [0, 0.05) is 49.3 Å². The van der Waals surface area contributed by atoms with E-state index in [0.717, 1.165) is 94.2 Å². The van der Waals surface area contributed by atoms with Crippen molar-refractivity contribution in [3.63, 3.8) is 0 Å². The summed E-state index contributed by atoms with van der Waals surface area (Å²) in [7, 11) is 0. The van der Waals surface area contributed by atoms with Crippen LogP contribution in [0, 0.1) is 0 Å². The van der Waals surface area contributed by atoms with Crippen LogP contribution in [-0.4, -0.2) is 28.7 Å². The van der Waals surface area contributed by atoms with E-state index >= 15 is 0 Å². The van der Waals surface area contributed by atoms with Crippen molar-refractivity contribution in [2.24, 2.45) is 0 Å². The van der Waals surface area contributed by atoms with Gasteiger partial charge < -0.3 is 9.13 Å². The molecule has 0 amide bonds. The highest BCUT2D eigenvalue weighted by atomic mass is 15.2. The van der Waals surface area contributed by atoms with E-state index in [1.54, 1.807) is 0 Å². The molecule has 10 aromatic carbocycles. The number of benzene rings is 10. The van der Waals surface area contributed by atoms with E-state index in [1.165, 1.54) is 27.5 Å². The fourth-order valence-corrected chi connectivity index (χ4v) is 11.3. The Kier molecular flexibility index (Phi) is 10.8. The molecule has 0 saturated carbocycles. The number of hydrogen-bond acceptors (Lipinski definition) is 3. The highest BCUT2D eigenvalue weighted by Gasteiger charge is 2.29. The molecule has 6 heteroatoms. The Balaban J connectivity index is 1.08. The maximum Gasteiger partial charge on any atom is 0.238 e. The molecule has 6 nitrogen and oxygen atoms in total. The van der Waals surface area contributed by atoms with Crippen LogP contribution in [0.3, 0.4) is 0 Å². The topological polar surface area (TPSA) is 53.5 Å². The summed E-state index contributed by atoms with van der Waals surface area (Å²) >= 11 is 0. The fourth-order valence-electron chi connectivity index (χ4n) is 11.3. The second-order valence-electron chi connectivity index (χ2n) is 19.2. The van der Waals surface area contributed by atoms with Crippen molar-refractivity contribution in [1.82, 2.24) is 28.7 Å². The normalized spacial score (nSPS) is 11.8. The molecule has 0 radical (unpaired) electrons. The maximum atomic E-state index is 5.54. The Morgan fingerprint density at radius 1 is 0.368 bits per heavy atom. The van der Waals surface area contributed by atoms with E-state index in [4.69, 9.17) is 15.0 Å². The molecular formula is C70H48N6. The Labute approximate surface area is 440 Å². The molecule has 76 heavy (non-hydrogen) atoms. The van der Waals surface area contributed by atoms with Gasteiger partial charge >= 0.3 is 0 Å². The first kappa shape index (κ1) is 44.5. The van der Waals surface area contributed by atoms with Crippen molar-refractivity contribution in [3.05, 3.63) is 267 Å². The summed E-state index contributed by atoms with van der Waals surface area (Å²) in [5.41, 5.74) is 17.9. The first-order valence-electron chi connectivity index (χ1n) is 25.8. The van der Waals surface area contributed by atoms with Crippen LogP contribution < -0.4 is 0 Å². The molecule has 4 heterocycles. The highest BCUT2D eigenvalue weighted by molar-refractivity contribution is 6.23. The molecule has 14 aromatic rings. The van der Waals surface area contributed by atoms with Gasteiger partial charge in [-0.15, -0.1) is 0 Å². The number of nitrogens with zero attached hydrogens (tertiary/aromatic N) is 6. The molecule has 14 rings (SSSR count). The van der Waals surface area contributed by atoms with Crippen LogP contribution in [0.15, 0.2) is 255 Å². The number of rotatable bonds is 10. The zero-order valence-corrected chi connectivity index (χ0v) is 41.7. The average Bonchev–Trinajstić information content (AvgIpc) is 4.34. The van der Waals surface area contributed by atoms with Gasteiger partial charge in [-0.1, -0.05) is 225 Å². The summed E-state index contributed by atoms with van der Waals surface area (Å²) in [5.74, 6) is 1.63. The van der Waals surface area contributed by atoms with Crippen LogP contribution >= 0.6 is 0 Å². The highest BCUT2D eigenvalue weighted by Crippen LogP contribution is 2.46. The second kappa shape index (κ2) is 18.4. The molecule has 0 aliphatic rings. The van der Waals surface area contributed by atoms with E-state index in [2.05, 4.69) is 258 Å². The van der Waals surface area contributed by atoms with Crippen molar-refractivity contribution in [3.8, 4) is 73.5 Å². The van der Waals surface area contributed by atoms with Crippen LogP contribution in [-0.2, 0) is 0 Å². The van der Waals surface area contributed by atoms with Gasteiger partial charge in [-0.3, -0.25) is 4.57 Å². The van der Waals surface area contributed by atoms with Crippen LogP contribution in [0.5, 0.6) is 0 Å². The molecule has 0 N–H and O–H groups in total. The monoisotopic (exact) mass is 972 g/mol. The zero-order valence-electron chi connectivity index (χ0n) is 41.7. The van der Waals surface area contributed by atoms with Crippen molar-refractivity contribution in [1.29, 1.82) is 0 Å². The summed E-state index contributed by atoms with van der Waals surface area (Å²) in [4.78, 5) is 16.3. The third kappa shape index (κ3) is 7.30. The minimum absolute atomic E-state index is 0.493. The molecule has 0 aliphatic heterocycles. The van der Waals surface area contributed by atoms with E-state index in [1.807, 2.05) is 30.3 Å². The molecule has 358 valence electrons. The summed E-state index contributed by atoms with van der Waals surface area (Å²) in [6, 6.07) is 86.1. The van der Waals surface area contributed by atoms with Gasteiger partial charge in [-0.25, -0.2) is 4.98 Å². The van der Waals surface area contributed by atoms with Crippen molar-refractivity contribution in [2.45, 2.75) is 6.92 Å². The Hall–Kier alpha value is -10.2. The van der Waals surface area contributed by atoms with Gasteiger partial charge in [-0.05, 0) is 82.8 Å². The summed E-state index contributed by atoms with van der Waals surface area (Å²) in [6.45, 7) is 6.65. The van der Waals surface area contributed by atoms with Gasteiger partial charge in [-0.2, -0.15) is 9.97 Å². The third-order valence-corrected chi connectivity index (χ3v) is 14.8. The molecule has 0 aliphatic carbocycles. The van der Waals surface area contributed by atoms with Crippen LogP contribution in [0.4, 0.5) is 0 Å². The molecule has 0 atom stereocenters. The number of hydrogen-bond donors (Lipinski definition) is 0. The first-order valence-corrected chi connectivity index (χ1v) is 25.8. The SMILES string of the molecule is C=Cc1c(/C=C\C)n(-c2nc(-c3ccccc3)nc(-c3ccc(-c4ccc(-c5ccccc5)cc4)cc3)n2)c2c1c(-n1c3ccccc3c3ccccc31)cc1c3ccccc3n(-c3ccc(-c4ccccc4)cc3)c12. The van der Waals surface area contributed by atoms with Gasteiger partial charge in [0.1, 0.15) is 0 Å². The van der Waals surface area contributed by atoms with Crippen LogP contribution in [0.1, 0.15) is 18.2 Å². The predicted molar refractivity (Wildman–Crippen MR) is 317 cm³/mol. The molecule has 0 bridgehead atoms. The van der Waals surface area contributed by atoms with Crippen LogP contribution in [0.25, 0.3) is 140 Å². The lowest BCUT2D eigenvalue weighted by molar-refractivity contribution is 0.926. The van der Waals surface area contributed by atoms with Gasteiger partial charge in [0.15, 0.2) is 11.6 Å². The van der Waals surface area contributed by atoms with Crippen molar-refractivity contribution in [2.75, 3.05) is 0 Å². The minimum atomic E-state index is 0.493. The molecule has 0 spiro atoms. The van der Waals surface area contributed by atoms with Crippen molar-refractivity contribution >= 4 is 66.7 Å². The maximum absolute atomic E-state index is 5.54. The van der Waals surface area contributed by atoms with E-state index in [-0.39, 0.29) is 0 Å². The van der Waals surface area contributed by atoms with Crippen molar-refractivity contribution < 1.29 is 0 Å². The average molecular weight is 973 g/mol. The number of para-hydroxylation sites is 3. The molecular weight excluding hydrogens is 925 g/mol. The minimum Gasteiger partial charge on any atom is -0.309 e. The molecule has 0 fully saturated rings. The molecule has 4 aromatic heterocycles. The van der Waals surface area contributed by atoms with E-state index in [9.17, 15) is 0 Å².